The Morgan fingerprint density at radius 2 is 2.00 bits per heavy atom. The normalized spacial score (nSPS) is 26.9. The number of nitrogens with one attached hydrogen (secondary N) is 1. The van der Waals surface area contributed by atoms with Gasteiger partial charge in [-0.05, 0) is 62.5 Å². The molecule has 1 saturated heterocycles. The van der Waals surface area contributed by atoms with Crippen molar-refractivity contribution in [1.29, 1.82) is 0 Å². The predicted octanol–water partition coefficient (Wildman–Crippen LogP) is 2.69. The molecule has 1 N–H and O–H groups in total. The van der Waals surface area contributed by atoms with E-state index in [4.69, 9.17) is 4.74 Å². The van der Waals surface area contributed by atoms with Crippen LogP contribution in [0.5, 0.6) is 5.75 Å². The number of rotatable bonds is 6. The van der Waals surface area contributed by atoms with Crippen molar-refractivity contribution >= 4 is 11.8 Å². The molecule has 150 valence electrons. The van der Waals surface area contributed by atoms with Crippen LogP contribution in [0.2, 0.25) is 0 Å². The van der Waals surface area contributed by atoms with E-state index >= 15 is 0 Å². The number of benzene rings is 1. The molecule has 4 rings (SSSR count). The highest BCUT2D eigenvalue weighted by atomic mass is 16.5. The third kappa shape index (κ3) is 3.30. The minimum absolute atomic E-state index is 0.0705. The van der Waals surface area contributed by atoms with Crippen molar-refractivity contribution in [3.63, 3.8) is 0 Å². The Bertz CT molecular complexity index is 802. The Morgan fingerprint density at radius 3 is 2.64 bits per heavy atom. The van der Waals surface area contributed by atoms with Gasteiger partial charge in [0.2, 0.25) is 5.91 Å². The molecule has 2 fully saturated rings. The molecule has 1 unspecified atom stereocenters. The number of ether oxygens (including phenoxy) is 1. The highest BCUT2D eigenvalue weighted by Crippen LogP contribution is 2.34. The number of nitrogens with zero attached hydrogens (tertiary/aromatic N) is 2. The molecule has 1 saturated carbocycles. The van der Waals surface area contributed by atoms with Gasteiger partial charge in [-0.15, -0.1) is 0 Å². The first-order valence-corrected chi connectivity index (χ1v) is 10.3. The van der Waals surface area contributed by atoms with E-state index < -0.39 is 6.04 Å². The van der Waals surface area contributed by atoms with Crippen molar-refractivity contribution in [2.24, 2.45) is 0 Å². The predicted molar refractivity (Wildman–Crippen MR) is 107 cm³/mol. The average Bonchev–Trinajstić information content (AvgIpc) is 2.99. The van der Waals surface area contributed by atoms with Crippen LogP contribution in [0.3, 0.4) is 0 Å². The van der Waals surface area contributed by atoms with Gasteiger partial charge in [0.15, 0.2) is 0 Å². The van der Waals surface area contributed by atoms with E-state index in [1.165, 1.54) is 6.42 Å². The van der Waals surface area contributed by atoms with Gasteiger partial charge in [-0.3, -0.25) is 14.5 Å². The Hall–Kier alpha value is -2.34. The van der Waals surface area contributed by atoms with Gasteiger partial charge in [0.05, 0.1) is 0 Å². The van der Waals surface area contributed by atoms with Gasteiger partial charge in [-0.25, -0.2) is 0 Å². The van der Waals surface area contributed by atoms with Crippen LogP contribution in [-0.4, -0.2) is 52.9 Å². The summed E-state index contributed by atoms with van der Waals surface area (Å²) in [5.74, 6) is 0.612. The van der Waals surface area contributed by atoms with Gasteiger partial charge in [-0.2, -0.15) is 0 Å². The van der Waals surface area contributed by atoms with Crippen LogP contribution in [-0.2, 0) is 11.3 Å². The van der Waals surface area contributed by atoms with Crippen LogP contribution in [0.25, 0.3) is 0 Å². The zero-order valence-electron chi connectivity index (χ0n) is 16.7. The zero-order chi connectivity index (χ0) is 19.8. The number of piperidine rings is 1. The van der Waals surface area contributed by atoms with Crippen molar-refractivity contribution in [1.82, 2.24) is 15.1 Å². The maximum atomic E-state index is 12.8. The molecule has 1 aromatic rings. The van der Waals surface area contributed by atoms with E-state index in [-0.39, 0.29) is 17.9 Å². The number of likely N-dealkylation sites (N-methyl/N-ethyl adjacent to an activating group) is 1. The monoisotopic (exact) mass is 383 g/mol. The molecule has 28 heavy (non-hydrogen) atoms. The summed E-state index contributed by atoms with van der Waals surface area (Å²) in [5, 5.41) is 2.78. The van der Waals surface area contributed by atoms with E-state index in [2.05, 4.69) is 30.6 Å². The molecule has 6 nitrogen and oxygen atoms in total. The molecule has 3 atom stereocenters. The van der Waals surface area contributed by atoms with Gasteiger partial charge in [0, 0.05) is 23.8 Å². The summed E-state index contributed by atoms with van der Waals surface area (Å²) in [5.41, 5.74) is 2.35. The van der Waals surface area contributed by atoms with Crippen LogP contribution < -0.4 is 10.1 Å². The standard InChI is InChI=1S/C22H29N3O3/c1-4-24(5-2)18-10-11-20(18)28-16-7-8-17-15(12-16)13-25(22(17)27)19-9-6-14(3)23-21(19)26/h7-8,12,18-20H,3-6,9-11,13H2,1-2H3,(H,23,26)/t18-,19?,20+/m1/s1. The SMILES string of the molecule is C=C1CCC(N2Cc3cc(O[C@H]4CC[C@H]4N(CC)CC)ccc3C2=O)C(=O)N1. The Kier molecular flexibility index (Phi) is 5.15. The van der Waals surface area contributed by atoms with E-state index in [0.29, 0.717) is 31.0 Å². The lowest BCUT2D eigenvalue weighted by Gasteiger charge is -2.43. The molecular weight excluding hydrogens is 354 g/mol. The Morgan fingerprint density at radius 1 is 1.21 bits per heavy atom. The topological polar surface area (TPSA) is 61.9 Å². The molecular formula is C22H29N3O3. The summed E-state index contributed by atoms with van der Waals surface area (Å²) in [6.45, 7) is 10.7. The summed E-state index contributed by atoms with van der Waals surface area (Å²) in [4.78, 5) is 29.3. The first kappa shape index (κ1) is 19.0. The summed E-state index contributed by atoms with van der Waals surface area (Å²) < 4.78 is 6.26. The van der Waals surface area contributed by atoms with Crippen molar-refractivity contribution in [2.45, 2.75) is 64.3 Å². The quantitative estimate of drug-likeness (QED) is 0.820. The summed E-state index contributed by atoms with van der Waals surface area (Å²) in [7, 11) is 0. The third-order valence-electron chi connectivity index (χ3n) is 6.35. The number of hydrogen-bond donors (Lipinski definition) is 1. The van der Waals surface area contributed by atoms with Crippen molar-refractivity contribution < 1.29 is 14.3 Å². The maximum Gasteiger partial charge on any atom is 0.255 e. The molecule has 2 heterocycles. The highest BCUT2D eigenvalue weighted by Gasteiger charge is 2.39. The van der Waals surface area contributed by atoms with Crippen LogP contribution in [0.1, 0.15) is 55.5 Å². The minimum Gasteiger partial charge on any atom is -0.489 e. The summed E-state index contributed by atoms with van der Waals surface area (Å²) in [6, 6.07) is 5.76. The second kappa shape index (κ2) is 7.59. The first-order valence-electron chi connectivity index (χ1n) is 10.3. The Labute approximate surface area is 166 Å². The summed E-state index contributed by atoms with van der Waals surface area (Å²) >= 11 is 0. The number of carbonyl (C=O) groups excluding carboxylic acids is 2. The number of allylic oxidation sites excluding steroid dienone is 1. The fourth-order valence-corrected chi connectivity index (χ4v) is 4.58. The molecule has 2 aliphatic heterocycles. The molecule has 0 radical (unpaired) electrons. The Balaban J connectivity index is 1.45. The molecule has 2 amide bonds. The average molecular weight is 383 g/mol. The minimum atomic E-state index is -0.423. The van der Waals surface area contributed by atoms with E-state index in [1.807, 2.05) is 18.2 Å². The molecule has 1 aromatic carbocycles. The highest BCUT2D eigenvalue weighted by molar-refractivity contribution is 6.01. The zero-order valence-corrected chi connectivity index (χ0v) is 16.7. The van der Waals surface area contributed by atoms with E-state index in [9.17, 15) is 9.59 Å². The van der Waals surface area contributed by atoms with E-state index in [1.54, 1.807) is 4.90 Å². The lowest BCUT2D eigenvalue weighted by atomic mass is 9.87. The lowest BCUT2D eigenvalue weighted by Crippen LogP contribution is -2.53. The first-order chi connectivity index (χ1) is 13.5. The fraction of sp³-hybridized carbons (Fsp3) is 0.545. The van der Waals surface area contributed by atoms with Crippen LogP contribution in [0.4, 0.5) is 0 Å². The summed E-state index contributed by atoms with van der Waals surface area (Å²) in [6.07, 6.45) is 3.78. The number of carbonyl (C=O) groups is 2. The van der Waals surface area contributed by atoms with Gasteiger partial charge in [0.1, 0.15) is 17.9 Å². The third-order valence-corrected chi connectivity index (χ3v) is 6.35. The van der Waals surface area contributed by atoms with E-state index in [0.717, 1.165) is 36.5 Å². The number of amides is 2. The molecule has 0 aromatic heterocycles. The van der Waals surface area contributed by atoms with Crippen LogP contribution in [0.15, 0.2) is 30.5 Å². The molecule has 1 aliphatic carbocycles. The number of fused-ring (bicyclic) bond motifs is 1. The smallest absolute Gasteiger partial charge is 0.255 e. The van der Waals surface area contributed by atoms with Gasteiger partial charge < -0.3 is 15.0 Å². The molecule has 0 spiro atoms. The van der Waals surface area contributed by atoms with Gasteiger partial charge >= 0.3 is 0 Å². The second-order valence-corrected chi connectivity index (χ2v) is 7.92. The van der Waals surface area contributed by atoms with Crippen molar-refractivity contribution in [2.75, 3.05) is 13.1 Å². The largest absolute Gasteiger partial charge is 0.489 e. The van der Waals surface area contributed by atoms with Crippen LogP contribution in [0, 0.1) is 0 Å². The molecule has 6 heteroatoms. The van der Waals surface area contributed by atoms with Gasteiger partial charge in [0.25, 0.3) is 5.91 Å². The second-order valence-electron chi connectivity index (χ2n) is 7.92. The van der Waals surface area contributed by atoms with Crippen molar-refractivity contribution in [3.8, 4) is 5.75 Å². The molecule has 0 bridgehead atoms. The number of hydrogen-bond acceptors (Lipinski definition) is 4. The lowest BCUT2D eigenvalue weighted by molar-refractivity contribution is -0.126. The fourth-order valence-electron chi connectivity index (χ4n) is 4.58. The van der Waals surface area contributed by atoms with Crippen molar-refractivity contribution in [3.05, 3.63) is 41.6 Å². The maximum absolute atomic E-state index is 12.8. The van der Waals surface area contributed by atoms with Gasteiger partial charge in [-0.1, -0.05) is 20.4 Å². The van der Waals surface area contributed by atoms with Crippen LogP contribution >= 0.6 is 0 Å². The molecule has 3 aliphatic rings.